The molecule has 152 valence electrons. The van der Waals surface area contributed by atoms with Crippen LogP contribution in [0.4, 0.5) is 5.69 Å². The Hall–Kier alpha value is -3.55. The standard InChI is InChI=1S/C21H23N3O5/c1-14(2)24(16-8-6-5-7-9-16)19(25)13-23-20(22-29-21(23)26)15-10-11-17(27-3)18(12-15)28-4/h5-12,14H,13H2,1-4H3. The number of carbonyl (C=O) groups excluding carboxylic acids is 1. The van der Waals surface area contributed by atoms with E-state index in [9.17, 15) is 9.59 Å². The number of methoxy groups -OCH3 is 2. The molecule has 0 N–H and O–H groups in total. The molecular weight excluding hydrogens is 374 g/mol. The minimum atomic E-state index is -0.708. The Morgan fingerprint density at radius 3 is 2.41 bits per heavy atom. The van der Waals surface area contributed by atoms with Gasteiger partial charge in [-0.25, -0.2) is 9.36 Å². The summed E-state index contributed by atoms with van der Waals surface area (Å²) in [5, 5.41) is 3.86. The lowest BCUT2D eigenvalue weighted by Crippen LogP contribution is -2.40. The fourth-order valence-electron chi connectivity index (χ4n) is 3.12. The molecule has 8 nitrogen and oxygen atoms in total. The third-order valence-corrected chi connectivity index (χ3v) is 4.44. The first kappa shape index (κ1) is 20.2. The van der Waals surface area contributed by atoms with Crippen molar-refractivity contribution in [1.29, 1.82) is 0 Å². The van der Waals surface area contributed by atoms with Crippen LogP contribution in [0, 0.1) is 0 Å². The summed E-state index contributed by atoms with van der Waals surface area (Å²) in [7, 11) is 3.05. The molecule has 1 heterocycles. The van der Waals surface area contributed by atoms with Gasteiger partial charge in [0.1, 0.15) is 6.54 Å². The summed E-state index contributed by atoms with van der Waals surface area (Å²) in [6.45, 7) is 3.62. The fourth-order valence-corrected chi connectivity index (χ4v) is 3.12. The lowest BCUT2D eigenvalue weighted by atomic mass is 10.2. The quantitative estimate of drug-likeness (QED) is 0.609. The van der Waals surface area contributed by atoms with E-state index < -0.39 is 5.76 Å². The number of nitrogens with zero attached hydrogens (tertiary/aromatic N) is 3. The molecule has 3 rings (SSSR count). The van der Waals surface area contributed by atoms with Gasteiger partial charge >= 0.3 is 5.76 Å². The molecule has 1 aromatic heterocycles. The van der Waals surface area contributed by atoms with Crippen molar-refractivity contribution >= 4 is 11.6 Å². The molecule has 0 saturated carbocycles. The van der Waals surface area contributed by atoms with E-state index >= 15 is 0 Å². The van der Waals surface area contributed by atoms with E-state index in [1.165, 1.54) is 18.8 Å². The Balaban J connectivity index is 1.96. The van der Waals surface area contributed by atoms with Gasteiger partial charge in [0.15, 0.2) is 17.3 Å². The first-order valence-corrected chi connectivity index (χ1v) is 9.12. The van der Waals surface area contributed by atoms with Gasteiger partial charge in [-0.2, -0.15) is 0 Å². The number of hydrogen-bond donors (Lipinski definition) is 0. The molecular formula is C21H23N3O5. The number of anilines is 1. The molecule has 0 aliphatic carbocycles. The number of ether oxygens (including phenoxy) is 2. The number of para-hydroxylation sites is 1. The van der Waals surface area contributed by atoms with Crippen LogP contribution in [0.5, 0.6) is 11.5 Å². The summed E-state index contributed by atoms with van der Waals surface area (Å²) in [5.74, 6) is 0.297. The monoisotopic (exact) mass is 397 g/mol. The highest BCUT2D eigenvalue weighted by molar-refractivity contribution is 5.93. The minimum Gasteiger partial charge on any atom is -0.493 e. The van der Waals surface area contributed by atoms with Crippen molar-refractivity contribution in [2.75, 3.05) is 19.1 Å². The van der Waals surface area contributed by atoms with Crippen LogP contribution in [0.25, 0.3) is 11.4 Å². The number of amides is 1. The zero-order valence-electron chi connectivity index (χ0n) is 16.8. The van der Waals surface area contributed by atoms with E-state index in [0.717, 1.165) is 5.69 Å². The van der Waals surface area contributed by atoms with Crippen LogP contribution in [0.1, 0.15) is 13.8 Å². The number of carbonyl (C=O) groups is 1. The van der Waals surface area contributed by atoms with Crippen LogP contribution >= 0.6 is 0 Å². The largest absolute Gasteiger partial charge is 0.493 e. The summed E-state index contributed by atoms with van der Waals surface area (Å²) in [4.78, 5) is 27.0. The van der Waals surface area contributed by atoms with Crippen LogP contribution < -0.4 is 20.1 Å². The van der Waals surface area contributed by atoms with Gasteiger partial charge in [-0.1, -0.05) is 23.4 Å². The predicted molar refractivity (Wildman–Crippen MR) is 108 cm³/mol. The van der Waals surface area contributed by atoms with E-state index in [2.05, 4.69) is 5.16 Å². The Bertz CT molecular complexity index is 1040. The van der Waals surface area contributed by atoms with Crippen molar-refractivity contribution in [1.82, 2.24) is 9.72 Å². The van der Waals surface area contributed by atoms with Crippen molar-refractivity contribution in [3.05, 3.63) is 59.1 Å². The highest BCUT2D eigenvalue weighted by Gasteiger charge is 2.23. The molecule has 0 unspecified atom stereocenters. The second-order valence-electron chi connectivity index (χ2n) is 6.62. The maximum atomic E-state index is 13.1. The molecule has 1 amide bonds. The maximum Gasteiger partial charge on any atom is 0.442 e. The molecule has 0 spiro atoms. The SMILES string of the molecule is COc1ccc(-c2noc(=O)n2CC(=O)N(c2ccccc2)C(C)C)cc1OC. The van der Waals surface area contributed by atoms with E-state index in [1.54, 1.807) is 23.1 Å². The third kappa shape index (κ3) is 4.16. The van der Waals surface area contributed by atoms with Crippen LogP contribution in [0.3, 0.4) is 0 Å². The Morgan fingerprint density at radius 1 is 1.10 bits per heavy atom. The molecule has 0 aliphatic rings. The number of hydrogen-bond acceptors (Lipinski definition) is 6. The van der Waals surface area contributed by atoms with Gasteiger partial charge < -0.3 is 14.4 Å². The predicted octanol–water partition coefficient (Wildman–Crippen LogP) is 2.96. The average Bonchev–Trinajstić information content (AvgIpc) is 3.08. The Labute approximate surface area is 168 Å². The van der Waals surface area contributed by atoms with Gasteiger partial charge in [0.25, 0.3) is 0 Å². The van der Waals surface area contributed by atoms with Gasteiger partial charge in [-0.3, -0.25) is 9.32 Å². The second-order valence-corrected chi connectivity index (χ2v) is 6.62. The molecule has 0 bridgehead atoms. The van der Waals surface area contributed by atoms with Crippen molar-refractivity contribution in [2.45, 2.75) is 26.4 Å². The van der Waals surface area contributed by atoms with E-state index in [4.69, 9.17) is 14.0 Å². The lowest BCUT2D eigenvalue weighted by molar-refractivity contribution is -0.119. The number of aromatic nitrogens is 2. The summed E-state index contributed by atoms with van der Waals surface area (Å²) >= 11 is 0. The van der Waals surface area contributed by atoms with Gasteiger partial charge in [-0.05, 0) is 44.2 Å². The van der Waals surface area contributed by atoms with Gasteiger partial charge in [0, 0.05) is 17.3 Å². The highest BCUT2D eigenvalue weighted by Crippen LogP contribution is 2.31. The van der Waals surface area contributed by atoms with Crippen LogP contribution in [0.2, 0.25) is 0 Å². The molecule has 29 heavy (non-hydrogen) atoms. The van der Waals surface area contributed by atoms with Gasteiger partial charge in [0.2, 0.25) is 5.91 Å². The number of benzene rings is 2. The van der Waals surface area contributed by atoms with Crippen molar-refractivity contribution in [2.24, 2.45) is 0 Å². The summed E-state index contributed by atoms with van der Waals surface area (Å²) in [6, 6.07) is 14.3. The topological polar surface area (TPSA) is 86.8 Å². The minimum absolute atomic E-state index is 0.0926. The normalized spacial score (nSPS) is 10.8. The van der Waals surface area contributed by atoms with E-state index in [1.807, 2.05) is 44.2 Å². The Kier molecular flexibility index (Phi) is 6.01. The first-order chi connectivity index (χ1) is 14.0. The maximum absolute atomic E-state index is 13.1. The molecule has 0 radical (unpaired) electrons. The van der Waals surface area contributed by atoms with Crippen LogP contribution in [-0.4, -0.2) is 35.9 Å². The zero-order chi connectivity index (χ0) is 21.0. The first-order valence-electron chi connectivity index (χ1n) is 9.12. The fraction of sp³-hybridized carbons (Fsp3) is 0.286. The number of rotatable bonds is 7. The molecule has 3 aromatic rings. The molecule has 0 atom stereocenters. The van der Waals surface area contributed by atoms with E-state index in [-0.39, 0.29) is 24.3 Å². The van der Waals surface area contributed by atoms with Gasteiger partial charge in [-0.15, -0.1) is 0 Å². The molecule has 2 aromatic carbocycles. The summed E-state index contributed by atoms with van der Waals surface area (Å²) in [5.41, 5.74) is 1.32. The lowest BCUT2D eigenvalue weighted by Gasteiger charge is -2.27. The molecule has 0 fully saturated rings. The van der Waals surface area contributed by atoms with E-state index in [0.29, 0.717) is 17.1 Å². The van der Waals surface area contributed by atoms with Crippen molar-refractivity contribution < 1.29 is 18.8 Å². The van der Waals surface area contributed by atoms with Gasteiger partial charge in [0.05, 0.1) is 14.2 Å². The Morgan fingerprint density at radius 2 is 1.79 bits per heavy atom. The molecule has 0 aliphatic heterocycles. The highest BCUT2D eigenvalue weighted by atomic mass is 16.5. The zero-order valence-corrected chi connectivity index (χ0v) is 16.8. The second kappa shape index (κ2) is 8.64. The molecule has 8 heteroatoms. The summed E-state index contributed by atoms with van der Waals surface area (Å²) in [6.07, 6.45) is 0. The van der Waals surface area contributed by atoms with Crippen molar-refractivity contribution in [3.8, 4) is 22.9 Å². The van der Waals surface area contributed by atoms with Crippen molar-refractivity contribution in [3.63, 3.8) is 0 Å². The average molecular weight is 397 g/mol. The summed E-state index contributed by atoms with van der Waals surface area (Å²) < 4.78 is 16.6. The van der Waals surface area contributed by atoms with Crippen LogP contribution in [-0.2, 0) is 11.3 Å². The van der Waals surface area contributed by atoms with Crippen LogP contribution in [0.15, 0.2) is 57.8 Å². The smallest absolute Gasteiger partial charge is 0.442 e. The molecule has 0 saturated heterocycles. The third-order valence-electron chi connectivity index (χ3n) is 4.44.